The van der Waals surface area contributed by atoms with Gasteiger partial charge in [-0.05, 0) is 99.3 Å². The van der Waals surface area contributed by atoms with Crippen LogP contribution in [-0.2, 0) is 0 Å². The maximum atomic E-state index is 6.42. The molecule has 0 N–H and O–H groups in total. The summed E-state index contributed by atoms with van der Waals surface area (Å²) in [4.78, 5) is 2.36. The number of rotatable bonds is 6. The normalized spacial score (nSPS) is 11.6. The van der Waals surface area contributed by atoms with Crippen LogP contribution >= 0.6 is 11.3 Å². The van der Waals surface area contributed by atoms with E-state index in [2.05, 4.69) is 193 Å². The van der Waals surface area contributed by atoms with Crippen molar-refractivity contribution in [1.82, 2.24) is 0 Å². The van der Waals surface area contributed by atoms with Gasteiger partial charge in [-0.15, -0.1) is 11.3 Å². The Balaban J connectivity index is 1.02. The zero-order valence-electron chi connectivity index (χ0n) is 29.8. The summed E-state index contributed by atoms with van der Waals surface area (Å²) in [5.41, 5.74) is 12.1. The highest BCUT2D eigenvalue weighted by molar-refractivity contribution is 7.25. The van der Waals surface area contributed by atoms with Gasteiger partial charge in [0.1, 0.15) is 11.2 Å². The van der Waals surface area contributed by atoms with Gasteiger partial charge in [-0.25, -0.2) is 0 Å². The average Bonchev–Trinajstić information content (AvgIpc) is 3.83. The van der Waals surface area contributed by atoms with E-state index in [1.165, 1.54) is 53.2 Å². The molecule has 0 amide bonds. The van der Waals surface area contributed by atoms with Gasteiger partial charge in [0.2, 0.25) is 0 Å². The summed E-state index contributed by atoms with van der Waals surface area (Å²) >= 11 is 1.86. The van der Waals surface area contributed by atoms with E-state index in [1.807, 2.05) is 23.5 Å². The van der Waals surface area contributed by atoms with Crippen LogP contribution in [0, 0.1) is 0 Å². The molecule has 258 valence electrons. The molecule has 0 unspecified atom stereocenters. The van der Waals surface area contributed by atoms with Crippen molar-refractivity contribution >= 4 is 81.3 Å². The van der Waals surface area contributed by atoms with E-state index in [9.17, 15) is 0 Å². The van der Waals surface area contributed by atoms with Gasteiger partial charge in [0, 0.05) is 53.6 Å². The minimum absolute atomic E-state index is 0.908. The summed E-state index contributed by atoms with van der Waals surface area (Å²) in [7, 11) is 0. The van der Waals surface area contributed by atoms with Gasteiger partial charge >= 0.3 is 0 Å². The molecule has 11 aromatic rings. The maximum absolute atomic E-state index is 6.42. The first kappa shape index (κ1) is 31.6. The summed E-state index contributed by atoms with van der Waals surface area (Å²) < 4.78 is 9.06. The lowest BCUT2D eigenvalue weighted by molar-refractivity contribution is 0.670. The molecule has 0 saturated carbocycles. The number of fused-ring (bicyclic) bond motifs is 7. The van der Waals surface area contributed by atoms with Crippen LogP contribution < -0.4 is 4.90 Å². The first-order chi connectivity index (χ1) is 27.2. The molecule has 0 radical (unpaired) electrons. The third kappa shape index (κ3) is 5.40. The third-order valence-electron chi connectivity index (χ3n) is 10.9. The highest BCUT2D eigenvalue weighted by atomic mass is 32.1. The first-order valence-corrected chi connectivity index (χ1v) is 19.5. The van der Waals surface area contributed by atoms with E-state index < -0.39 is 0 Å². The van der Waals surface area contributed by atoms with Crippen molar-refractivity contribution in [3.05, 3.63) is 200 Å². The number of para-hydroxylation sites is 2. The van der Waals surface area contributed by atoms with Gasteiger partial charge in [0.15, 0.2) is 0 Å². The topological polar surface area (TPSA) is 16.4 Å². The Labute approximate surface area is 322 Å². The average molecular weight is 720 g/mol. The van der Waals surface area contributed by atoms with E-state index in [0.29, 0.717) is 0 Å². The molecule has 0 atom stereocenters. The summed E-state index contributed by atoms with van der Waals surface area (Å²) in [6.45, 7) is 0. The lowest BCUT2D eigenvalue weighted by Crippen LogP contribution is -2.10. The Bertz CT molecular complexity index is 3200. The van der Waals surface area contributed by atoms with Gasteiger partial charge in [-0.3, -0.25) is 0 Å². The van der Waals surface area contributed by atoms with Gasteiger partial charge in [-0.1, -0.05) is 140 Å². The molecule has 3 heteroatoms. The van der Waals surface area contributed by atoms with E-state index in [1.54, 1.807) is 0 Å². The SMILES string of the molecule is c1cc(-c2cccc3ccccc23)cc(N(c2ccc(-c3ccc4sc5ccccc5c4c3)cc2)c2ccc(-c3cccc4c3oc3ccccc34)cc2)c1. The zero-order valence-corrected chi connectivity index (χ0v) is 30.6. The highest BCUT2D eigenvalue weighted by Gasteiger charge is 2.17. The zero-order chi connectivity index (χ0) is 36.3. The molecular weight excluding hydrogens is 687 g/mol. The Morgan fingerprint density at radius 1 is 0.345 bits per heavy atom. The van der Waals surface area contributed by atoms with Crippen LogP contribution in [-0.4, -0.2) is 0 Å². The van der Waals surface area contributed by atoms with Gasteiger partial charge < -0.3 is 9.32 Å². The first-order valence-electron chi connectivity index (χ1n) is 18.7. The van der Waals surface area contributed by atoms with Crippen LogP contribution in [0.2, 0.25) is 0 Å². The van der Waals surface area contributed by atoms with Crippen LogP contribution in [0.25, 0.3) is 86.3 Å². The molecule has 0 fully saturated rings. The van der Waals surface area contributed by atoms with Crippen LogP contribution in [0.5, 0.6) is 0 Å². The maximum Gasteiger partial charge on any atom is 0.143 e. The number of furan rings is 1. The van der Waals surface area contributed by atoms with Crippen molar-refractivity contribution in [3.8, 4) is 33.4 Å². The fourth-order valence-electron chi connectivity index (χ4n) is 8.21. The fraction of sp³-hybridized carbons (Fsp3) is 0. The minimum atomic E-state index is 0.908. The lowest BCUT2D eigenvalue weighted by atomic mass is 9.97. The smallest absolute Gasteiger partial charge is 0.143 e. The van der Waals surface area contributed by atoms with E-state index in [-0.39, 0.29) is 0 Å². The third-order valence-corrected chi connectivity index (χ3v) is 12.0. The van der Waals surface area contributed by atoms with E-state index >= 15 is 0 Å². The molecule has 11 rings (SSSR count). The number of thiophene rings is 1. The second-order valence-corrected chi connectivity index (χ2v) is 15.2. The molecule has 0 bridgehead atoms. The second kappa shape index (κ2) is 12.9. The number of anilines is 3. The quantitative estimate of drug-likeness (QED) is 0.170. The number of benzene rings is 9. The summed E-state index contributed by atoms with van der Waals surface area (Å²) in [5, 5.41) is 7.39. The van der Waals surface area contributed by atoms with Crippen LogP contribution in [0.15, 0.2) is 205 Å². The van der Waals surface area contributed by atoms with Crippen LogP contribution in [0.1, 0.15) is 0 Å². The molecule has 2 heterocycles. The van der Waals surface area contributed by atoms with Crippen molar-refractivity contribution in [3.63, 3.8) is 0 Å². The van der Waals surface area contributed by atoms with Crippen molar-refractivity contribution in [2.45, 2.75) is 0 Å². The highest BCUT2D eigenvalue weighted by Crippen LogP contribution is 2.42. The van der Waals surface area contributed by atoms with Gasteiger partial charge in [0.25, 0.3) is 0 Å². The number of hydrogen-bond donors (Lipinski definition) is 0. The summed E-state index contributed by atoms with van der Waals surface area (Å²) in [6, 6.07) is 72.2. The Hall–Kier alpha value is -6.94. The molecule has 0 spiro atoms. The summed E-state index contributed by atoms with van der Waals surface area (Å²) in [6.07, 6.45) is 0. The molecule has 0 aliphatic rings. The van der Waals surface area contributed by atoms with Gasteiger partial charge in [-0.2, -0.15) is 0 Å². The molecule has 0 aliphatic heterocycles. The number of nitrogens with zero attached hydrogens (tertiary/aromatic N) is 1. The second-order valence-electron chi connectivity index (χ2n) is 14.1. The molecule has 2 nitrogen and oxygen atoms in total. The molecule has 9 aromatic carbocycles. The Morgan fingerprint density at radius 3 is 1.82 bits per heavy atom. The fourth-order valence-corrected chi connectivity index (χ4v) is 9.30. The van der Waals surface area contributed by atoms with Crippen molar-refractivity contribution in [2.75, 3.05) is 4.90 Å². The van der Waals surface area contributed by atoms with Crippen LogP contribution in [0.3, 0.4) is 0 Å². The van der Waals surface area contributed by atoms with Crippen molar-refractivity contribution in [2.24, 2.45) is 0 Å². The molecule has 2 aromatic heterocycles. The lowest BCUT2D eigenvalue weighted by Gasteiger charge is -2.26. The molecule has 0 saturated heterocycles. The van der Waals surface area contributed by atoms with E-state index in [4.69, 9.17) is 4.42 Å². The van der Waals surface area contributed by atoms with E-state index in [0.717, 1.165) is 50.1 Å². The predicted molar refractivity (Wildman–Crippen MR) is 235 cm³/mol. The minimum Gasteiger partial charge on any atom is -0.455 e. The number of hydrogen-bond acceptors (Lipinski definition) is 3. The monoisotopic (exact) mass is 719 g/mol. The summed E-state index contributed by atoms with van der Waals surface area (Å²) in [5.74, 6) is 0. The molecule has 0 aliphatic carbocycles. The van der Waals surface area contributed by atoms with Gasteiger partial charge in [0.05, 0.1) is 0 Å². The standard InChI is InChI=1S/C52H33NOS/c1-2-14-42-35(10-1)11-8-17-43(42)38-12-7-13-41(32-38)53(39-27-22-34(23-28-39)37-26-31-51-48(33-37)46-16-4-6-21-50(46)55-51)40-29-24-36(25-30-40)44-18-9-19-47-45-15-3-5-20-49(45)54-52(44)47/h1-33H. The Morgan fingerprint density at radius 2 is 0.964 bits per heavy atom. The molecular formula is C52H33NOS. The Kier molecular flexibility index (Phi) is 7.39. The predicted octanol–water partition coefficient (Wildman–Crippen LogP) is 15.6. The van der Waals surface area contributed by atoms with Crippen LogP contribution in [0.4, 0.5) is 17.1 Å². The molecule has 55 heavy (non-hydrogen) atoms. The van der Waals surface area contributed by atoms with Crippen molar-refractivity contribution < 1.29 is 4.42 Å². The largest absolute Gasteiger partial charge is 0.455 e. The van der Waals surface area contributed by atoms with Crippen molar-refractivity contribution in [1.29, 1.82) is 0 Å².